The monoisotopic (exact) mass is 324 g/mol. The van der Waals surface area contributed by atoms with Crippen LogP contribution in [0.4, 0.5) is 0 Å². The second-order valence-corrected chi connectivity index (χ2v) is 7.65. The number of rotatable bonds is 4. The summed E-state index contributed by atoms with van der Waals surface area (Å²) in [5.41, 5.74) is 0. The number of sulfonamides is 1. The summed E-state index contributed by atoms with van der Waals surface area (Å²) < 4.78 is 32.8. The van der Waals surface area contributed by atoms with Crippen molar-refractivity contribution >= 4 is 15.9 Å². The van der Waals surface area contributed by atoms with E-state index >= 15 is 0 Å². The van der Waals surface area contributed by atoms with E-state index in [1.807, 2.05) is 0 Å². The van der Waals surface area contributed by atoms with Crippen molar-refractivity contribution in [1.82, 2.24) is 9.62 Å². The molecule has 0 aromatic heterocycles. The van der Waals surface area contributed by atoms with Crippen LogP contribution in [0.15, 0.2) is 35.2 Å². The SMILES string of the molecule is CC(=O)N1C[C@@H]2[C@@H](CNS(=O)(=O)c3ccccc3)CO[C@@H]2C1. The van der Waals surface area contributed by atoms with Gasteiger partial charge in [0.15, 0.2) is 0 Å². The van der Waals surface area contributed by atoms with Crippen molar-refractivity contribution in [2.24, 2.45) is 11.8 Å². The maximum Gasteiger partial charge on any atom is 0.240 e. The molecule has 1 amide bonds. The summed E-state index contributed by atoms with van der Waals surface area (Å²) >= 11 is 0. The molecule has 7 heteroatoms. The lowest BCUT2D eigenvalue weighted by molar-refractivity contribution is -0.128. The number of fused-ring (bicyclic) bond motifs is 1. The number of ether oxygens (including phenoxy) is 1. The minimum Gasteiger partial charge on any atom is -0.376 e. The molecule has 2 fully saturated rings. The van der Waals surface area contributed by atoms with E-state index in [4.69, 9.17) is 4.74 Å². The highest BCUT2D eigenvalue weighted by Crippen LogP contribution is 2.33. The molecule has 1 aromatic rings. The quantitative estimate of drug-likeness (QED) is 0.873. The Labute approximate surface area is 130 Å². The van der Waals surface area contributed by atoms with E-state index in [1.54, 1.807) is 42.2 Å². The van der Waals surface area contributed by atoms with Gasteiger partial charge in [-0.15, -0.1) is 0 Å². The first-order chi connectivity index (χ1) is 10.5. The van der Waals surface area contributed by atoms with Gasteiger partial charge < -0.3 is 9.64 Å². The number of carbonyl (C=O) groups is 1. The molecule has 2 aliphatic rings. The average Bonchev–Trinajstić information content (AvgIpc) is 3.07. The Bertz CT molecular complexity index is 647. The molecule has 2 aliphatic heterocycles. The van der Waals surface area contributed by atoms with Gasteiger partial charge in [0.05, 0.1) is 17.6 Å². The Hall–Kier alpha value is -1.44. The Balaban J connectivity index is 1.62. The molecule has 120 valence electrons. The molecule has 1 aromatic carbocycles. The molecule has 3 atom stereocenters. The zero-order chi connectivity index (χ0) is 15.7. The van der Waals surface area contributed by atoms with Crippen LogP contribution < -0.4 is 4.72 Å². The first-order valence-electron chi connectivity index (χ1n) is 7.39. The summed E-state index contributed by atoms with van der Waals surface area (Å²) in [6.07, 6.45) is 0.0372. The van der Waals surface area contributed by atoms with Gasteiger partial charge in [-0.1, -0.05) is 18.2 Å². The highest BCUT2D eigenvalue weighted by atomic mass is 32.2. The van der Waals surface area contributed by atoms with Gasteiger partial charge in [0, 0.05) is 38.4 Å². The number of hydrogen-bond acceptors (Lipinski definition) is 4. The minimum atomic E-state index is -3.49. The van der Waals surface area contributed by atoms with Gasteiger partial charge in [0.1, 0.15) is 0 Å². The minimum absolute atomic E-state index is 0.0372. The third kappa shape index (κ3) is 3.02. The lowest BCUT2D eigenvalue weighted by atomic mass is 9.93. The van der Waals surface area contributed by atoms with Crippen LogP contribution in [0, 0.1) is 11.8 Å². The third-order valence-corrected chi connectivity index (χ3v) is 5.91. The van der Waals surface area contributed by atoms with Crippen molar-refractivity contribution in [3.63, 3.8) is 0 Å². The fourth-order valence-electron chi connectivity index (χ4n) is 3.17. The summed E-state index contributed by atoms with van der Waals surface area (Å²) in [5.74, 6) is 0.358. The Kier molecular flexibility index (Phi) is 4.20. The molecule has 0 bridgehead atoms. The van der Waals surface area contributed by atoms with Gasteiger partial charge in [0.2, 0.25) is 15.9 Å². The Morgan fingerprint density at radius 2 is 2.05 bits per heavy atom. The average molecular weight is 324 g/mol. The highest BCUT2D eigenvalue weighted by molar-refractivity contribution is 7.89. The number of likely N-dealkylation sites (tertiary alicyclic amines) is 1. The lowest BCUT2D eigenvalue weighted by Crippen LogP contribution is -2.34. The van der Waals surface area contributed by atoms with Crippen molar-refractivity contribution in [2.75, 3.05) is 26.2 Å². The molecule has 0 spiro atoms. The number of nitrogens with zero attached hydrogens (tertiary/aromatic N) is 1. The van der Waals surface area contributed by atoms with Crippen LogP contribution in [0.1, 0.15) is 6.92 Å². The third-order valence-electron chi connectivity index (χ3n) is 4.47. The standard InChI is InChI=1S/C15H20N2O4S/c1-11(18)17-8-14-12(10-21-15(14)9-17)7-16-22(19,20)13-5-3-2-4-6-13/h2-6,12,14-16H,7-10H2,1H3/t12-,14+,15+/m0/s1. The zero-order valence-corrected chi connectivity index (χ0v) is 13.3. The second-order valence-electron chi connectivity index (χ2n) is 5.88. The maximum atomic E-state index is 12.2. The van der Waals surface area contributed by atoms with Crippen molar-refractivity contribution in [3.8, 4) is 0 Å². The molecule has 0 saturated carbocycles. The normalized spacial score (nSPS) is 27.9. The van der Waals surface area contributed by atoms with E-state index in [0.29, 0.717) is 26.2 Å². The van der Waals surface area contributed by atoms with E-state index < -0.39 is 10.0 Å². The number of benzene rings is 1. The van der Waals surface area contributed by atoms with Crippen LogP contribution in [0.5, 0.6) is 0 Å². The van der Waals surface area contributed by atoms with Gasteiger partial charge in [-0.2, -0.15) is 0 Å². The largest absolute Gasteiger partial charge is 0.376 e. The van der Waals surface area contributed by atoms with Crippen molar-refractivity contribution in [3.05, 3.63) is 30.3 Å². The van der Waals surface area contributed by atoms with E-state index in [1.165, 1.54) is 0 Å². The smallest absolute Gasteiger partial charge is 0.240 e. The lowest BCUT2D eigenvalue weighted by Gasteiger charge is -2.19. The fourth-order valence-corrected chi connectivity index (χ4v) is 4.28. The Morgan fingerprint density at radius 3 is 2.73 bits per heavy atom. The predicted octanol–water partition coefficient (Wildman–Crippen LogP) is 0.458. The molecule has 0 aliphatic carbocycles. The van der Waals surface area contributed by atoms with E-state index in [-0.39, 0.29) is 28.7 Å². The number of amides is 1. The molecule has 1 N–H and O–H groups in total. The number of hydrogen-bond donors (Lipinski definition) is 1. The van der Waals surface area contributed by atoms with E-state index in [0.717, 1.165) is 0 Å². The molecule has 6 nitrogen and oxygen atoms in total. The number of nitrogens with one attached hydrogen (secondary N) is 1. The fraction of sp³-hybridized carbons (Fsp3) is 0.533. The zero-order valence-electron chi connectivity index (χ0n) is 12.4. The van der Waals surface area contributed by atoms with Gasteiger partial charge in [0.25, 0.3) is 0 Å². The molecular formula is C15H20N2O4S. The van der Waals surface area contributed by atoms with Crippen molar-refractivity contribution in [2.45, 2.75) is 17.9 Å². The maximum absolute atomic E-state index is 12.2. The van der Waals surface area contributed by atoms with Crippen LogP contribution >= 0.6 is 0 Å². The van der Waals surface area contributed by atoms with Gasteiger partial charge >= 0.3 is 0 Å². The Morgan fingerprint density at radius 1 is 1.32 bits per heavy atom. The topological polar surface area (TPSA) is 75.7 Å². The molecule has 2 heterocycles. The summed E-state index contributed by atoms with van der Waals surface area (Å²) in [7, 11) is -3.49. The highest BCUT2D eigenvalue weighted by Gasteiger charge is 2.44. The first-order valence-corrected chi connectivity index (χ1v) is 8.87. The van der Waals surface area contributed by atoms with Gasteiger partial charge in [-0.3, -0.25) is 4.79 Å². The van der Waals surface area contributed by atoms with Crippen LogP contribution in [0.2, 0.25) is 0 Å². The first kappa shape index (κ1) is 15.5. The molecule has 2 saturated heterocycles. The molecule has 0 radical (unpaired) electrons. The summed E-state index contributed by atoms with van der Waals surface area (Å²) in [6, 6.07) is 8.33. The van der Waals surface area contributed by atoms with Crippen molar-refractivity contribution in [1.29, 1.82) is 0 Å². The summed E-state index contributed by atoms with van der Waals surface area (Å²) in [5, 5.41) is 0. The van der Waals surface area contributed by atoms with Gasteiger partial charge in [-0.25, -0.2) is 13.1 Å². The summed E-state index contributed by atoms with van der Waals surface area (Å²) in [4.78, 5) is 13.5. The van der Waals surface area contributed by atoms with Crippen LogP contribution in [-0.2, 0) is 19.6 Å². The van der Waals surface area contributed by atoms with E-state index in [2.05, 4.69) is 4.72 Å². The van der Waals surface area contributed by atoms with Crippen LogP contribution in [0.25, 0.3) is 0 Å². The predicted molar refractivity (Wildman–Crippen MR) is 80.6 cm³/mol. The molecule has 3 rings (SSSR count). The van der Waals surface area contributed by atoms with E-state index in [9.17, 15) is 13.2 Å². The van der Waals surface area contributed by atoms with Crippen LogP contribution in [-0.4, -0.2) is 51.6 Å². The summed E-state index contributed by atoms with van der Waals surface area (Å²) in [6.45, 7) is 3.69. The second kappa shape index (κ2) is 5.98. The molecule has 0 unspecified atom stereocenters. The molecule has 22 heavy (non-hydrogen) atoms. The van der Waals surface area contributed by atoms with Gasteiger partial charge in [-0.05, 0) is 12.1 Å². The van der Waals surface area contributed by atoms with Crippen LogP contribution in [0.3, 0.4) is 0 Å². The van der Waals surface area contributed by atoms with Crippen molar-refractivity contribution < 1.29 is 17.9 Å². The molecular weight excluding hydrogens is 304 g/mol. The number of carbonyl (C=O) groups excluding carboxylic acids is 1.